The Morgan fingerprint density at radius 3 is 2.60 bits per heavy atom. The van der Waals surface area contributed by atoms with Crippen molar-refractivity contribution in [3.05, 3.63) is 0 Å². The van der Waals surface area contributed by atoms with E-state index in [-0.39, 0.29) is 17.9 Å². The molecule has 0 spiro atoms. The molecule has 2 saturated carbocycles. The van der Waals surface area contributed by atoms with Crippen LogP contribution in [0.1, 0.15) is 25.7 Å². The van der Waals surface area contributed by atoms with Crippen LogP contribution in [-0.2, 0) is 9.53 Å². The molecular weight excluding hydrogens is 190 g/mol. The topological polar surface area (TPSA) is 52.3 Å². The van der Waals surface area contributed by atoms with Crippen molar-refractivity contribution < 1.29 is 9.53 Å². The fourth-order valence-electron chi connectivity index (χ4n) is 3.79. The molecule has 0 amide bonds. The Balaban J connectivity index is 1.73. The summed E-state index contributed by atoms with van der Waals surface area (Å²) >= 11 is 0. The van der Waals surface area contributed by atoms with E-state index in [0.717, 1.165) is 13.0 Å². The fourth-order valence-corrected chi connectivity index (χ4v) is 3.79. The minimum Gasteiger partial charge on any atom is -0.381 e. The van der Waals surface area contributed by atoms with Crippen molar-refractivity contribution in [1.82, 2.24) is 0 Å². The van der Waals surface area contributed by atoms with E-state index < -0.39 is 0 Å². The number of Topliss-reactive ketones (excluding diaryl/α,β-unsaturated/α-hetero) is 1. The van der Waals surface area contributed by atoms with Crippen LogP contribution in [-0.4, -0.2) is 25.0 Å². The lowest BCUT2D eigenvalue weighted by molar-refractivity contribution is -0.128. The zero-order chi connectivity index (χ0) is 10.4. The number of fused-ring (bicyclic) bond motifs is 2. The SMILES string of the molecule is NC1C2CCC(C2)C1C(=O)C1CCOC1. The zero-order valence-corrected chi connectivity index (χ0v) is 9.02. The molecule has 0 aromatic carbocycles. The molecule has 3 nitrogen and oxygen atoms in total. The molecule has 2 bridgehead atoms. The highest BCUT2D eigenvalue weighted by Crippen LogP contribution is 2.48. The molecule has 5 unspecified atom stereocenters. The minimum absolute atomic E-state index is 0.150. The van der Waals surface area contributed by atoms with E-state index in [1.807, 2.05) is 0 Å². The maximum Gasteiger partial charge on any atom is 0.143 e. The van der Waals surface area contributed by atoms with Gasteiger partial charge in [-0.05, 0) is 37.5 Å². The third-order valence-electron chi connectivity index (χ3n) is 4.64. The number of rotatable bonds is 2. The van der Waals surface area contributed by atoms with E-state index in [2.05, 4.69) is 0 Å². The second-order valence-corrected chi connectivity index (χ2v) is 5.40. The van der Waals surface area contributed by atoms with Gasteiger partial charge in [0.1, 0.15) is 5.78 Å². The van der Waals surface area contributed by atoms with Crippen LogP contribution in [0.5, 0.6) is 0 Å². The molecule has 0 aromatic rings. The second kappa shape index (κ2) is 3.56. The lowest BCUT2D eigenvalue weighted by atomic mass is 9.78. The van der Waals surface area contributed by atoms with Gasteiger partial charge in [0.05, 0.1) is 6.61 Å². The molecule has 0 radical (unpaired) electrons. The highest BCUT2D eigenvalue weighted by molar-refractivity contribution is 5.85. The number of nitrogens with two attached hydrogens (primary N) is 1. The van der Waals surface area contributed by atoms with Crippen LogP contribution >= 0.6 is 0 Å². The van der Waals surface area contributed by atoms with Gasteiger partial charge in [0, 0.05) is 24.5 Å². The summed E-state index contributed by atoms with van der Waals surface area (Å²) in [5.41, 5.74) is 6.17. The second-order valence-electron chi connectivity index (χ2n) is 5.40. The standard InChI is InChI=1S/C12H19NO2/c13-11-8-2-1-7(5-8)10(11)12(14)9-3-4-15-6-9/h7-11H,1-6,13H2. The number of ether oxygens (including phenoxy) is 1. The van der Waals surface area contributed by atoms with Crippen LogP contribution in [0.15, 0.2) is 0 Å². The Bertz CT molecular complexity index is 271. The summed E-state index contributed by atoms with van der Waals surface area (Å²) < 4.78 is 5.29. The van der Waals surface area contributed by atoms with Gasteiger partial charge in [-0.2, -0.15) is 0 Å². The van der Waals surface area contributed by atoms with Crippen molar-refractivity contribution in [3.8, 4) is 0 Å². The first kappa shape index (κ1) is 9.79. The van der Waals surface area contributed by atoms with E-state index in [9.17, 15) is 4.79 Å². The summed E-state index contributed by atoms with van der Waals surface area (Å²) in [6.45, 7) is 1.39. The average molecular weight is 209 g/mol. The number of ketones is 1. The van der Waals surface area contributed by atoms with Crippen LogP contribution in [0.3, 0.4) is 0 Å². The summed E-state index contributed by atoms with van der Waals surface area (Å²) in [6, 6.07) is 0.150. The number of carbonyl (C=O) groups excluding carboxylic acids is 1. The van der Waals surface area contributed by atoms with Gasteiger partial charge < -0.3 is 10.5 Å². The molecule has 1 aliphatic heterocycles. The predicted octanol–water partition coefficient (Wildman–Crippen LogP) is 0.965. The monoisotopic (exact) mass is 209 g/mol. The van der Waals surface area contributed by atoms with E-state index in [1.165, 1.54) is 19.3 Å². The molecule has 5 atom stereocenters. The van der Waals surface area contributed by atoms with Crippen molar-refractivity contribution in [2.45, 2.75) is 31.7 Å². The molecule has 84 valence electrons. The van der Waals surface area contributed by atoms with E-state index in [4.69, 9.17) is 10.5 Å². The predicted molar refractivity (Wildman–Crippen MR) is 56.2 cm³/mol. The third-order valence-corrected chi connectivity index (χ3v) is 4.64. The van der Waals surface area contributed by atoms with Crippen LogP contribution in [0.2, 0.25) is 0 Å². The first-order chi connectivity index (χ1) is 7.27. The lowest BCUT2D eigenvalue weighted by Crippen LogP contribution is -2.42. The zero-order valence-electron chi connectivity index (χ0n) is 9.02. The van der Waals surface area contributed by atoms with Crippen molar-refractivity contribution in [3.63, 3.8) is 0 Å². The lowest BCUT2D eigenvalue weighted by Gasteiger charge is -2.28. The summed E-state index contributed by atoms with van der Waals surface area (Å²) in [4.78, 5) is 12.3. The molecule has 0 aromatic heterocycles. The summed E-state index contributed by atoms with van der Waals surface area (Å²) in [7, 11) is 0. The Labute approximate surface area is 90.4 Å². The van der Waals surface area contributed by atoms with Gasteiger partial charge >= 0.3 is 0 Å². The van der Waals surface area contributed by atoms with Crippen LogP contribution < -0.4 is 5.73 Å². The van der Waals surface area contributed by atoms with Gasteiger partial charge in [-0.3, -0.25) is 4.79 Å². The van der Waals surface area contributed by atoms with Gasteiger partial charge in [0.2, 0.25) is 0 Å². The quantitative estimate of drug-likeness (QED) is 0.737. The smallest absolute Gasteiger partial charge is 0.143 e. The maximum absolute atomic E-state index is 12.3. The maximum atomic E-state index is 12.3. The van der Waals surface area contributed by atoms with Gasteiger partial charge in [-0.15, -0.1) is 0 Å². The average Bonchev–Trinajstić information content (AvgIpc) is 2.93. The highest BCUT2D eigenvalue weighted by atomic mass is 16.5. The molecular formula is C12H19NO2. The fraction of sp³-hybridized carbons (Fsp3) is 0.917. The minimum atomic E-state index is 0.150. The molecule has 1 heterocycles. The number of carbonyl (C=O) groups is 1. The molecule has 1 saturated heterocycles. The van der Waals surface area contributed by atoms with E-state index in [0.29, 0.717) is 24.2 Å². The normalized spacial score (nSPS) is 48.7. The van der Waals surface area contributed by atoms with E-state index >= 15 is 0 Å². The van der Waals surface area contributed by atoms with Gasteiger partial charge in [0.15, 0.2) is 0 Å². The largest absolute Gasteiger partial charge is 0.381 e. The first-order valence-corrected chi connectivity index (χ1v) is 6.14. The van der Waals surface area contributed by atoms with Gasteiger partial charge in [-0.1, -0.05) is 0 Å². The summed E-state index contributed by atoms with van der Waals surface area (Å²) in [6.07, 6.45) is 4.59. The molecule has 3 heteroatoms. The van der Waals surface area contributed by atoms with Crippen LogP contribution in [0.25, 0.3) is 0 Å². The van der Waals surface area contributed by atoms with E-state index in [1.54, 1.807) is 0 Å². The Kier molecular flexibility index (Phi) is 2.33. The Hall–Kier alpha value is -0.410. The molecule has 2 N–H and O–H groups in total. The third kappa shape index (κ3) is 1.44. The molecule has 3 fully saturated rings. The number of hydrogen-bond donors (Lipinski definition) is 1. The van der Waals surface area contributed by atoms with Crippen molar-refractivity contribution in [1.29, 1.82) is 0 Å². The van der Waals surface area contributed by atoms with Gasteiger partial charge in [0.25, 0.3) is 0 Å². The van der Waals surface area contributed by atoms with Crippen LogP contribution in [0.4, 0.5) is 0 Å². The molecule has 3 aliphatic rings. The first-order valence-electron chi connectivity index (χ1n) is 6.14. The summed E-state index contributed by atoms with van der Waals surface area (Å²) in [5, 5.41) is 0. The Morgan fingerprint density at radius 1 is 1.20 bits per heavy atom. The van der Waals surface area contributed by atoms with Crippen LogP contribution in [0, 0.1) is 23.7 Å². The summed E-state index contributed by atoms with van der Waals surface area (Å²) in [5.74, 6) is 1.95. The van der Waals surface area contributed by atoms with Crippen molar-refractivity contribution in [2.24, 2.45) is 29.4 Å². The Morgan fingerprint density at radius 2 is 2.00 bits per heavy atom. The number of hydrogen-bond acceptors (Lipinski definition) is 3. The highest BCUT2D eigenvalue weighted by Gasteiger charge is 2.50. The van der Waals surface area contributed by atoms with Crippen molar-refractivity contribution >= 4 is 5.78 Å². The molecule has 15 heavy (non-hydrogen) atoms. The van der Waals surface area contributed by atoms with Gasteiger partial charge in [-0.25, -0.2) is 0 Å². The molecule has 3 rings (SSSR count). The van der Waals surface area contributed by atoms with Crippen molar-refractivity contribution in [2.75, 3.05) is 13.2 Å². The molecule has 2 aliphatic carbocycles.